The summed E-state index contributed by atoms with van der Waals surface area (Å²) in [6.07, 6.45) is 4.65. The minimum atomic E-state index is 0.622. The number of aryl methyl sites for hydroxylation is 1. The molecule has 0 aliphatic carbocycles. The summed E-state index contributed by atoms with van der Waals surface area (Å²) >= 11 is 0. The summed E-state index contributed by atoms with van der Waals surface area (Å²) < 4.78 is 0. The molecule has 1 fully saturated rings. The van der Waals surface area contributed by atoms with Crippen LogP contribution in [0.15, 0.2) is 12.4 Å². The van der Waals surface area contributed by atoms with E-state index in [1.807, 2.05) is 6.92 Å². The van der Waals surface area contributed by atoms with Crippen molar-refractivity contribution in [2.24, 2.45) is 11.7 Å². The smallest absolute Gasteiger partial charge is 0.150 e. The Hall–Kier alpha value is -1.16. The maximum Gasteiger partial charge on any atom is 0.150 e. The van der Waals surface area contributed by atoms with Gasteiger partial charge in [-0.3, -0.25) is 4.98 Å². The van der Waals surface area contributed by atoms with Crippen molar-refractivity contribution in [2.45, 2.75) is 13.3 Å². The third-order valence-corrected chi connectivity index (χ3v) is 2.77. The van der Waals surface area contributed by atoms with Crippen LogP contribution in [0, 0.1) is 12.8 Å². The molecule has 0 amide bonds. The van der Waals surface area contributed by atoms with Crippen LogP contribution in [0.25, 0.3) is 0 Å². The van der Waals surface area contributed by atoms with Crippen molar-refractivity contribution in [1.82, 2.24) is 9.97 Å². The third kappa shape index (κ3) is 1.70. The summed E-state index contributed by atoms with van der Waals surface area (Å²) in [5.41, 5.74) is 6.65. The van der Waals surface area contributed by atoms with Gasteiger partial charge in [-0.1, -0.05) is 0 Å². The topological polar surface area (TPSA) is 55.0 Å². The van der Waals surface area contributed by atoms with Crippen LogP contribution in [0.3, 0.4) is 0 Å². The van der Waals surface area contributed by atoms with Crippen LogP contribution in [0.4, 0.5) is 5.82 Å². The maximum absolute atomic E-state index is 5.65. The second-order valence-corrected chi connectivity index (χ2v) is 3.80. The lowest BCUT2D eigenvalue weighted by Gasteiger charge is -2.18. The Kier molecular flexibility index (Phi) is 2.63. The molecule has 4 nitrogen and oxygen atoms in total. The van der Waals surface area contributed by atoms with Crippen LogP contribution in [-0.2, 0) is 0 Å². The van der Waals surface area contributed by atoms with E-state index >= 15 is 0 Å². The Bertz CT molecular complexity index is 313. The van der Waals surface area contributed by atoms with Gasteiger partial charge in [0.05, 0.1) is 5.69 Å². The van der Waals surface area contributed by atoms with E-state index < -0.39 is 0 Å². The Balaban J connectivity index is 2.13. The molecule has 2 N–H and O–H groups in total. The highest BCUT2D eigenvalue weighted by molar-refractivity contribution is 5.43. The number of anilines is 1. The Morgan fingerprint density at radius 2 is 2.29 bits per heavy atom. The Morgan fingerprint density at radius 3 is 2.93 bits per heavy atom. The van der Waals surface area contributed by atoms with Crippen LogP contribution >= 0.6 is 0 Å². The van der Waals surface area contributed by atoms with Crippen LogP contribution in [0.5, 0.6) is 0 Å². The first kappa shape index (κ1) is 9.40. The van der Waals surface area contributed by atoms with Crippen molar-refractivity contribution in [3.63, 3.8) is 0 Å². The lowest BCUT2D eigenvalue weighted by molar-refractivity contribution is 0.602. The van der Waals surface area contributed by atoms with Crippen molar-refractivity contribution in [3.05, 3.63) is 18.1 Å². The van der Waals surface area contributed by atoms with E-state index in [9.17, 15) is 0 Å². The monoisotopic (exact) mass is 192 g/mol. The quantitative estimate of drug-likeness (QED) is 0.744. The summed E-state index contributed by atoms with van der Waals surface area (Å²) in [4.78, 5) is 10.9. The van der Waals surface area contributed by atoms with Gasteiger partial charge in [-0.05, 0) is 25.8 Å². The summed E-state index contributed by atoms with van der Waals surface area (Å²) in [7, 11) is 0. The molecule has 1 atom stereocenters. The zero-order valence-corrected chi connectivity index (χ0v) is 8.48. The number of rotatable bonds is 2. The van der Waals surface area contributed by atoms with Crippen molar-refractivity contribution in [3.8, 4) is 0 Å². The largest absolute Gasteiger partial charge is 0.355 e. The Labute approximate surface area is 84.2 Å². The molecular formula is C10H16N4. The fraction of sp³-hybridized carbons (Fsp3) is 0.600. The molecule has 4 heteroatoms. The molecule has 0 spiro atoms. The SMILES string of the molecule is Cc1nccnc1N1CCC(CN)C1. The summed E-state index contributed by atoms with van der Waals surface area (Å²) in [6, 6.07) is 0. The van der Waals surface area contributed by atoms with Crippen molar-refractivity contribution in [2.75, 3.05) is 24.5 Å². The predicted octanol–water partition coefficient (Wildman–Crippen LogP) is 0.570. The van der Waals surface area contributed by atoms with Gasteiger partial charge in [0, 0.05) is 25.5 Å². The van der Waals surface area contributed by atoms with Gasteiger partial charge in [-0.25, -0.2) is 4.98 Å². The lowest BCUT2D eigenvalue weighted by Crippen LogP contribution is -2.24. The zero-order chi connectivity index (χ0) is 9.97. The van der Waals surface area contributed by atoms with Crippen molar-refractivity contribution in [1.29, 1.82) is 0 Å². The molecule has 2 rings (SSSR count). The van der Waals surface area contributed by atoms with Crippen molar-refractivity contribution < 1.29 is 0 Å². The third-order valence-electron chi connectivity index (χ3n) is 2.77. The zero-order valence-electron chi connectivity index (χ0n) is 8.48. The van der Waals surface area contributed by atoms with Gasteiger partial charge in [0.15, 0.2) is 0 Å². The molecule has 1 aromatic rings. The molecule has 1 unspecified atom stereocenters. The average Bonchev–Trinajstić information content (AvgIpc) is 2.67. The minimum absolute atomic E-state index is 0.622. The number of aromatic nitrogens is 2. The molecule has 0 radical (unpaired) electrons. The van der Waals surface area contributed by atoms with Crippen LogP contribution in [0.2, 0.25) is 0 Å². The van der Waals surface area contributed by atoms with Crippen LogP contribution < -0.4 is 10.6 Å². The first-order valence-electron chi connectivity index (χ1n) is 5.04. The number of nitrogens with two attached hydrogens (primary N) is 1. The highest BCUT2D eigenvalue weighted by atomic mass is 15.2. The lowest BCUT2D eigenvalue weighted by atomic mass is 10.1. The van der Waals surface area contributed by atoms with Crippen molar-refractivity contribution >= 4 is 5.82 Å². The molecule has 0 bridgehead atoms. The highest BCUT2D eigenvalue weighted by Crippen LogP contribution is 2.22. The second kappa shape index (κ2) is 3.92. The molecule has 1 aliphatic rings. The fourth-order valence-electron chi connectivity index (χ4n) is 1.93. The van der Waals surface area contributed by atoms with Crippen LogP contribution in [-0.4, -0.2) is 29.6 Å². The highest BCUT2D eigenvalue weighted by Gasteiger charge is 2.23. The molecule has 0 saturated carbocycles. The van der Waals surface area contributed by atoms with E-state index in [-0.39, 0.29) is 0 Å². The molecule has 1 aromatic heterocycles. The molecule has 1 saturated heterocycles. The number of nitrogens with zero attached hydrogens (tertiary/aromatic N) is 3. The van der Waals surface area contributed by atoms with E-state index in [0.29, 0.717) is 5.92 Å². The van der Waals surface area contributed by atoms with Gasteiger partial charge in [0.25, 0.3) is 0 Å². The first-order valence-corrected chi connectivity index (χ1v) is 5.04. The van der Waals surface area contributed by atoms with Gasteiger partial charge >= 0.3 is 0 Å². The number of hydrogen-bond acceptors (Lipinski definition) is 4. The molecule has 76 valence electrons. The van der Waals surface area contributed by atoms with E-state index in [2.05, 4.69) is 14.9 Å². The molecular weight excluding hydrogens is 176 g/mol. The second-order valence-electron chi connectivity index (χ2n) is 3.80. The maximum atomic E-state index is 5.65. The van der Waals surface area contributed by atoms with Gasteiger partial charge in [0.1, 0.15) is 5.82 Å². The Morgan fingerprint density at radius 1 is 1.50 bits per heavy atom. The molecule has 14 heavy (non-hydrogen) atoms. The fourth-order valence-corrected chi connectivity index (χ4v) is 1.93. The standard InChI is InChI=1S/C10H16N4/c1-8-10(13-4-3-12-8)14-5-2-9(6-11)7-14/h3-4,9H,2,5-7,11H2,1H3. The summed E-state index contributed by atoms with van der Waals surface area (Å²) in [5.74, 6) is 1.64. The minimum Gasteiger partial charge on any atom is -0.355 e. The molecule has 1 aliphatic heterocycles. The van der Waals surface area contributed by atoms with Gasteiger partial charge in [-0.2, -0.15) is 0 Å². The van der Waals surface area contributed by atoms with Gasteiger partial charge < -0.3 is 10.6 Å². The molecule has 2 heterocycles. The van der Waals surface area contributed by atoms with E-state index in [1.165, 1.54) is 6.42 Å². The predicted molar refractivity (Wildman–Crippen MR) is 56.1 cm³/mol. The van der Waals surface area contributed by atoms with Gasteiger partial charge in [-0.15, -0.1) is 0 Å². The van der Waals surface area contributed by atoms with E-state index in [1.54, 1.807) is 12.4 Å². The van der Waals surface area contributed by atoms with E-state index in [0.717, 1.165) is 31.1 Å². The van der Waals surface area contributed by atoms with Crippen LogP contribution in [0.1, 0.15) is 12.1 Å². The van der Waals surface area contributed by atoms with E-state index in [4.69, 9.17) is 5.73 Å². The normalized spacial score (nSPS) is 21.6. The first-order chi connectivity index (χ1) is 6.81. The average molecular weight is 192 g/mol. The summed E-state index contributed by atoms with van der Waals surface area (Å²) in [5, 5.41) is 0. The number of hydrogen-bond donors (Lipinski definition) is 1. The van der Waals surface area contributed by atoms with Gasteiger partial charge in [0.2, 0.25) is 0 Å². The summed E-state index contributed by atoms with van der Waals surface area (Å²) in [6.45, 7) is 4.85. The molecule has 0 aromatic carbocycles.